The van der Waals surface area contributed by atoms with E-state index in [0.717, 1.165) is 19.3 Å². The van der Waals surface area contributed by atoms with Crippen LogP contribution in [0.3, 0.4) is 0 Å². The molecular formula is C19H28FNO3. The number of morpholine rings is 1. The van der Waals surface area contributed by atoms with E-state index >= 15 is 0 Å². The molecule has 1 saturated heterocycles. The van der Waals surface area contributed by atoms with Crippen LogP contribution in [0.15, 0.2) is 18.2 Å². The fourth-order valence-electron chi connectivity index (χ4n) is 3.00. The molecule has 1 aromatic carbocycles. The van der Waals surface area contributed by atoms with Gasteiger partial charge in [-0.25, -0.2) is 4.39 Å². The van der Waals surface area contributed by atoms with E-state index in [2.05, 4.69) is 20.8 Å². The Morgan fingerprint density at radius 2 is 2.17 bits per heavy atom. The molecule has 2 atom stereocenters. The van der Waals surface area contributed by atoms with Crippen molar-refractivity contribution in [2.45, 2.75) is 52.2 Å². The highest BCUT2D eigenvalue weighted by Gasteiger charge is 2.33. The van der Waals surface area contributed by atoms with Gasteiger partial charge < -0.3 is 14.4 Å². The largest absolute Gasteiger partial charge is 0.494 e. The Kier molecular flexibility index (Phi) is 6.60. The normalized spacial score (nSPS) is 21.2. The first kappa shape index (κ1) is 18.7. The molecule has 1 amide bonds. The molecule has 0 unspecified atom stereocenters. The number of carbonyl (C=O) groups is 1. The Labute approximate surface area is 143 Å². The van der Waals surface area contributed by atoms with Crippen molar-refractivity contribution in [2.75, 3.05) is 20.2 Å². The van der Waals surface area contributed by atoms with E-state index < -0.39 is 5.82 Å². The van der Waals surface area contributed by atoms with E-state index in [4.69, 9.17) is 9.47 Å². The van der Waals surface area contributed by atoms with Gasteiger partial charge in [0, 0.05) is 13.1 Å². The number of benzene rings is 1. The first-order valence-corrected chi connectivity index (χ1v) is 8.75. The minimum atomic E-state index is -0.595. The number of methoxy groups -OCH3 is 1. The molecule has 0 spiro atoms. The van der Waals surface area contributed by atoms with Crippen molar-refractivity contribution in [1.82, 2.24) is 4.90 Å². The molecule has 24 heavy (non-hydrogen) atoms. The predicted octanol–water partition coefficient (Wildman–Crippen LogP) is 3.89. The highest BCUT2D eigenvalue weighted by molar-refractivity contribution is 5.95. The number of amides is 1. The molecule has 0 N–H and O–H groups in total. The summed E-state index contributed by atoms with van der Waals surface area (Å²) in [6.45, 7) is 7.31. The average Bonchev–Trinajstić information content (AvgIpc) is 2.59. The Bertz CT molecular complexity index is 562. The number of rotatable bonds is 6. The van der Waals surface area contributed by atoms with Crippen molar-refractivity contribution in [3.05, 3.63) is 29.6 Å². The molecule has 1 fully saturated rings. The lowest BCUT2D eigenvalue weighted by Crippen LogP contribution is -2.51. The van der Waals surface area contributed by atoms with Crippen molar-refractivity contribution in [3.8, 4) is 5.75 Å². The zero-order chi connectivity index (χ0) is 17.7. The molecule has 5 heteroatoms. The van der Waals surface area contributed by atoms with Crippen LogP contribution in [0.5, 0.6) is 5.75 Å². The predicted molar refractivity (Wildman–Crippen MR) is 91.9 cm³/mol. The lowest BCUT2D eigenvalue weighted by Gasteiger charge is -2.40. The van der Waals surface area contributed by atoms with Gasteiger partial charge in [0.25, 0.3) is 5.91 Å². The number of carbonyl (C=O) groups excluding carboxylic acids is 1. The van der Waals surface area contributed by atoms with Crippen molar-refractivity contribution in [1.29, 1.82) is 0 Å². The fraction of sp³-hybridized carbons (Fsp3) is 0.632. The fourth-order valence-corrected chi connectivity index (χ4v) is 3.00. The summed E-state index contributed by atoms with van der Waals surface area (Å²) in [7, 11) is 1.40. The van der Waals surface area contributed by atoms with Crippen molar-refractivity contribution in [2.24, 2.45) is 5.92 Å². The second-order valence-electron chi connectivity index (χ2n) is 6.71. The van der Waals surface area contributed by atoms with E-state index in [0.29, 0.717) is 19.0 Å². The van der Waals surface area contributed by atoms with Gasteiger partial charge in [0.15, 0.2) is 11.6 Å². The lowest BCUT2D eigenvalue weighted by molar-refractivity contribution is -0.0963. The monoisotopic (exact) mass is 337 g/mol. The van der Waals surface area contributed by atoms with Crippen LogP contribution in [0, 0.1) is 11.7 Å². The molecule has 134 valence electrons. The van der Waals surface area contributed by atoms with Crippen molar-refractivity contribution in [3.63, 3.8) is 0 Å². The Morgan fingerprint density at radius 3 is 2.79 bits per heavy atom. The van der Waals surface area contributed by atoms with E-state index in [9.17, 15) is 9.18 Å². The third-order valence-electron chi connectivity index (χ3n) is 4.52. The number of nitrogens with zero attached hydrogens (tertiary/aromatic N) is 1. The van der Waals surface area contributed by atoms with Crippen LogP contribution in [0.2, 0.25) is 0 Å². The molecule has 4 nitrogen and oxygen atoms in total. The van der Waals surface area contributed by atoms with Crippen LogP contribution in [0.1, 0.15) is 50.4 Å². The van der Waals surface area contributed by atoms with Crippen molar-refractivity contribution < 1.29 is 18.7 Å². The van der Waals surface area contributed by atoms with Gasteiger partial charge >= 0.3 is 0 Å². The lowest BCUT2D eigenvalue weighted by atomic mass is 10.0. The zero-order valence-electron chi connectivity index (χ0n) is 15.0. The number of unbranched alkanes of at least 4 members (excludes halogenated alkanes) is 1. The van der Waals surface area contributed by atoms with E-state index in [-0.39, 0.29) is 29.4 Å². The molecule has 2 rings (SSSR count). The van der Waals surface area contributed by atoms with Crippen LogP contribution in [-0.2, 0) is 4.74 Å². The average molecular weight is 337 g/mol. The van der Waals surface area contributed by atoms with E-state index in [1.54, 1.807) is 11.0 Å². The van der Waals surface area contributed by atoms with Gasteiger partial charge in [0.2, 0.25) is 0 Å². The quantitative estimate of drug-likeness (QED) is 0.790. The molecule has 0 radical (unpaired) electrons. The maximum atomic E-state index is 14.4. The molecule has 1 heterocycles. The van der Waals surface area contributed by atoms with Crippen LogP contribution >= 0.6 is 0 Å². The van der Waals surface area contributed by atoms with Gasteiger partial charge in [0.05, 0.1) is 24.9 Å². The molecule has 0 saturated carbocycles. The molecule has 1 aliphatic rings. The number of hydrogen-bond acceptors (Lipinski definition) is 3. The molecular weight excluding hydrogens is 309 g/mol. The zero-order valence-corrected chi connectivity index (χ0v) is 15.0. The van der Waals surface area contributed by atoms with Gasteiger partial charge in [-0.1, -0.05) is 39.7 Å². The van der Waals surface area contributed by atoms with Crippen LogP contribution in [0.4, 0.5) is 4.39 Å². The molecule has 0 aliphatic carbocycles. The minimum absolute atomic E-state index is 0.0155. The third kappa shape index (κ3) is 4.26. The van der Waals surface area contributed by atoms with Crippen LogP contribution in [0.25, 0.3) is 0 Å². The summed E-state index contributed by atoms with van der Waals surface area (Å²) in [5, 5.41) is 0. The number of ether oxygens (including phenoxy) is 2. The van der Waals surface area contributed by atoms with Gasteiger partial charge in [-0.2, -0.15) is 0 Å². The molecule has 0 aromatic heterocycles. The summed E-state index contributed by atoms with van der Waals surface area (Å²) >= 11 is 0. The summed E-state index contributed by atoms with van der Waals surface area (Å²) in [5.74, 6) is -0.485. The SMILES string of the molecule is CCCC[C@@H]1CN(C(=O)c2cccc(OC)c2F)C[C@H](C(C)C)O1. The number of halogens is 1. The summed E-state index contributed by atoms with van der Waals surface area (Å²) < 4.78 is 25.5. The van der Waals surface area contributed by atoms with Crippen LogP contribution < -0.4 is 4.74 Å². The molecule has 1 aliphatic heterocycles. The summed E-state index contributed by atoms with van der Waals surface area (Å²) in [6.07, 6.45) is 3.07. The van der Waals surface area contributed by atoms with Gasteiger partial charge in [-0.3, -0.25) is 4.79 Å². The van der Waals surface area contributed by atoms with E-state index in [1.165, 1.54) is 19.2 Å². The summed E-state index contributed by atoms with van der Waals surface area (Å²) in [5.41, 5.74) is 0.0630. The summed E-state index contributed by atoms with van der Waals surface area (Å²) in [6, 6.07) is 4.68. The van der Waals surface area contributed by atoms with Crippen LogP contribution in [-0.4, -0.2) is 43.2 Å². The Balaban J connectivity index is 2.20. The smallest absolute Gasteiger partial charge is 0.257 e. The summed E-state index contributed by atoms with van der Waals surface area (Å²) in [4.78, 5) is 14.6. The van der Waals surface area contributed by atoms with Crippen molar-refractivity contribution >= 4 is 5.91 Å². The molecule has 0 bridgehead atoms. The highest BCUT2D eigenvalue weighted by Crippen LogP contribution is 2.25. The highest BCUT2D eigenvalue weighted by atomic mass is 19.1. The standard InChI is InChI=1S/C19H28FNO3/c1-5-6-8-14-11-21(12-17(24-14)13(2)3)19(22)15-9-7-10-16(23-4)18(15)20/h7,9-10,13-14,17H,5-6,8,11-12H2,1-4H3/t14-,17-/m1/s1. The van der Waals surface area contributed by atoms with E-state index in [1.807, 2.05) is 0 Å². The topological polar surface area (TPSA) is 38.8 Å². The molecule has 1 aromatic rings. The first-order chi connectivity index (χ1) is 11.5. The Morgan fingerprint density at radius 1 is 1.42 bits per heavy atom. The first-order valence-electron chi connectivity index (χ1n) is 8.75. The minimum Gasteiger partial charge on any atom is -0.494 e. The number of hydrogen-bond donors (Lipinski definition) is 0. The second-order valence-corrected chi connectivity index (χ2v) is 6.71. The van der Waals surface area contributed by atoms with Gasteiger partial charge in [-0.15, -0.1) is 0 Å². The maximum absolute atomic E-state index is 14.4. The Hall–Kier alpha value is -1.62. The maximum Gasteiger partial charge on any atom is 0.257 e. The third-order valence-corrected chi connectivity index (χ3v) is 4.52. The second kappa shape index (κ2) is 8.47. The van der Waals surface area contributed by atoms with Gasteiger partial charge in [0.1, 0.15) is 0 Å². The van der Waals surface area contributed by atoms with Gasteiger partial charge in [-0.05, 0) is 24.5 Å².